The summed E-state index contributed by atoms with van der Waals surface area (Å²) in [6.07, 6.45) is -1.13. The Morgan fingerprint density at radius 3 is 2.60 bits per heavy atom. The van der Waals surface area contributed by atoms with Crippen molar-refractivity contribution in [2.24, 2.45) is 0 Å². The largest absolute Gasteiger partial charge is 0.449 e. The second-order valence-corrected chi connectivity index (χ2v) is 5.44. The number of hydrogen-bond acceptors (Lipinski definition) is 5. The van der Waals surface area contributed by atoms with Gasteiger partial charge < -0.3 is 14.5 Å². The number of hydrogen-bond donors (Lipinski definition) is 1. The summed E-state index contributed by atoms with van der Waals surface area (Å²) >= 11 is 0. The average molecular weight is 346 g/mol. The molecule has 0 radical (unpaired) electrons. The van der Waals surface area contributed by atoms with Crippen LogP contribution in [0.3, 0.4) is 0 Å². The molecule has 1 N–H and O–H groups in total. The summed E-state index contributed by atoms with van der Waals surface area (Å²) in [5.41, 5.74) is 0.596. The zero-order chi connectivity index (χ0) is 18.0. The maximum absolute atomic E-state index is 12.9. The van der Waals surface area contributed by atoms with Crippen LogP contribution in [-0.4, -0.2) is 42.0 Å². The molecule has 2 aromatic rings. The molecular formula is C17H15FN2O5. The molecule has 0 aliphatic carbocycles. The van der Waals surface area contributed by atoms with Gasteiger partial charge in [0.25, 0.3) is 5.91 Å². The van der Waals surface area contributed by atoms with Crippen LogP contribution in [0, 0.1) is 5.82 Å². The zero-order valence-electron chi connectivity index (χ0n) is 13.3. The summed E-state index contributed by atoms with van der Waals surface area (Å²) in [4.78, 5) is 36.7. The third kappa shape index (κ3) is 3.52. The fourth-order valence-corrected chi connectivity index (χ4v) is 2.39. The van der Waals surface area contributed by atoms with Gasteiger partial charge in [0, 0.05) is 18.7 Å². The van der Waals surface area contributed by atoms with Gasteiger partial charge >= 0.3 is 12.0 Å². The maximum Gasteiger partial charge on any atom is 0.375 e. The number of furan rings is 1. The zero-order valence-corrected chi connectivity index (χ0v) is 13.3. The number of rotatable bonds is 4. The molecule has 1 fully saturated rings. The lowest BCUT2D eigenvalue weighted by molar-refractivity contribution is -0.136. The third-order valence-corrected chi connectivity index (χ3v) is 3.69. The van der Waals surface area contributed by atoms with Crippen molar-refractivity contribution >= 4 is 17.9 Å². The molecule has 3 rings (SSSR count). The van der Waals surface area contributed by atoms with Crippen molar-refractivity contribution in [3.8, 4) is 11.3 Å². The van der Waals surface area contributed by atoms with E-state index in [2.05, 4.69) is 5.32 Å². The van der Waals surface area contributed by atoms with Crippen LogP contribution < -0.4 is 5.32 Å². The predicted octanol–water partition coefficient (Wildman–Crippen LogP) is 2.18. The van der Waals surface area contributed by atoms with Crippen molar-refractivity contribution < 1.29 is 27.9 Å². The number of nitrogens with one attached hydrogen (secondary N) is 1. The van der Waals surface area contributed by atoms with Crippen LogP contribution >= 0.6 is 0 Å². The highest BCUT2D eigenvalue weighted by Gasteiger charge is 2.32. The lowest BCUT2D eigenvalue weighted by Gasteiger charge is -2.17. The summed E-state index contributed by atoms with van der Waals surface area (Å²) in [5, 5.41) is 2.50. The second-order valence-electron chi connectivity index (χ2n) is 5.44. The molecule has 8 heteroatoms. The van der Waals surface area contributed by atoms with Crippen molar-refractivity contribution in [3.05, 3.63) is 48.0 Å². The molecule has 1 aliphatic rings. The van der Waals surface area contributed by atoms with Crippen molar-refractivity contribution in [2.75, 3.05) is 13.1 Å². The predicted molar refractivity (Wildman–Crippen MR) is 84.1 cm³/mol. The normalized spacial score (nSPS) is 15.0. The van der Waals surface area contributed by atoms with Gasteiger partial charge in [-0.05, 0) is 43.3 Å². The Kier molecular flexibility index (Phi) is 4.51. The van der Waals surface area contributed by atoms with E-state index < -0.39 is 24.0 Å². The number of halogens is 1. The van der Waals surface area contributed by atoms with E-state index in [4.69, 9.17) is 9.15 Å². The highest BCUT2D eigenvalue weighted by Crippen LogP contribution is 2.23. The summed E-state index contributed by atoms with van der Waals surface area (Å²) < 4.78 is 23.4. The van der Waals surface area contributed by atoms with Gasteiger partial charge in [0.05, 0.1) is 0 Å². The summed E-state index contributed by atoms with van der Waals surface area (Å²) in [6, 6.07) is 8.02. The molecule has 1 aliphatic heterocycles. The van der Waals surface area contributed by atoms with Gasteiger partial charge in [0.1, 0.15) is 11.6 Å². The van der Waals surface area contributed by atoms with Crippen LogP contribution in [0.25, 0.3) is 11.3 Å². The quantitative estimate of drug-likeness (QED) is 0.857. The van der Waals surface area contributed by atoms with E-state index in [0.29, 0.717) is 17.9 Å². The number of carbonyl (C=O) groups excluding carboxylic acids is 3. The van der Waals surface area contributed by atoms with Crippen molar-refractivity contribution in [3.63, 3.8) is 0 Å². The molecule has 1 aromatic carbocycles. The van der Waals surface area contributed by atoms with Gasteiger partial charge in [0.2, 0.25) is 5.76 Å². The van der Waals surface area contributed by atoms with Gasteiger partial charge in [-0.3, -0.25) is 9.69 Å². The van der Waals surface area contributed by atoms with Crippen molar-refractivity contribution in [1.82, 2.24) is 10.2 Å². The number of benzene rings is 1. The lowest BCUT2D eigenvalue weighted by atomic mass is 10.2. The SMILES string of the molecule is CC(OC(=O)c1ccc(-c2ccc(F)cc2)o1)C(=O)N1CCNC1=O. The molecule has 130 valence electrons. The Hall–Kier alpha value is -3.16. The molecule has 3 amide bonds. The molecule has 25 heavy (non-hydrogen) atoms. The topological polar surface area (TPSA) is 88.8 Å². The Balaban J connectivity index is 1.66. The molecule has 1 saturated heterocycles. The Morgan fingerprint density at radius 2 is 1.96 bits per heavy atom. The number of carbonyl (C=O) groups is 3. The molecule has 0 spiro atoms. The molecule has 1 unspecified atom stereocenters. The maximum atomic E-state index is 12.9. The number of esters is 1. The van der Waals surface area contributed by atoms with Gasteiger partial charge in [-0.1, -0.05) is 0 Å². The van der Waals surface area contributed by atoms with E-state index >= 15 is 0 Å². The summed E-state index contributed by atoms with van der Waals surface area (Å²) in [5.74, 6) is -1.54. The van der Waals surface area contributed by atoms with Crippen molar-refractivity contribution in [1.29, 1.82) is 0 Å². The first-order valence-electron chi connectivity index (χ1n) is 7.61. The molecule has 0 bridgehead atoms. The summed E-state index contributed by atoms with van der Waals surface area (Å²) in [6.45, 7) is 1.98. The van der Waals surface area contributed by atoms with E-state index in [9.17, 15) is 18.8 Å². The van der Waals surface area contributed by atoms with Crippen LogP contribution in [0.2, 0.25) is 0 Å². The Labute approximate surface area is 142 Å². The highest BCUT2D eigenvalue weighted by molar-refractivity contribution is 5.99. The third-order valence-electron chi connectivity index (χ3n) is 3.69. The van der Waals surface area contributed by atoms with Crippen LogP contribution in [0.4, 0.5) is 9.18 Å². The second kappa shape index (κ2) is 6.76. The molecule has 1 aromatic heterocycles. The van der Waals surface area contributed by atoms with Gasteiger partial charge in [-0.15, -0.1) is 0 Å². The molecule has 2 heterocycles. The first kappa shape index (κ1) is 16.7. The fraction of sp³-hybridized carbons (Fsp3) is 0.235. The molecule has 0 saturated carbocycles. The van der Waals surface area contributed by atoms with Gasteiger partial charge in [-0.25, -0.2) is 14.0 Å². The van der Waals surface area contributed by atoms with Crippen LogP contribution in [0.1, 0.15) is 17.5 Å². The molecule has 1 atom stereocenters. The Bertz CT molecular complexity index is 815. The number of amides is 3. The van der Waals surface area contributed by atoms with Crippen LogP contribution in [0.5, 0.6) is 0 Å². The van der Waals surface area contributed by atoms with Gasteiger partial charge in [-0.2, -0.15) is 0 Å². The van der Waals surface area contributed by atoms with Gasteiger partial charge in [0.15, 0.2) is 6.10 Å². The summed E-state index contributed by atoms with van der Waals surface area (Å²) in [7, 11) is 0. The van der Waals surface area contributed by atoms with E-state index in [-0.39, 0.29) is 18.1 Å². The Morgan fingerprint density at radius 1 is 1.24 bits per heavy atom. The van der Waals surface area contributed by atoms with E-state index in [1.165, 1.54) is 37.3 Å². The number of ether oxygens (including phenoxy) is 1. The van der Waals surface area contributed by atoms with E-state index in [0.717, 1.165) is 4.90 Å². The average Bonchev–Trinajstić information content (AvgIpc) is 3.24. The number of nitrogens with zero attached hydrogens (tertiary/aromatic N) is 1. The number of urea groups is 1. The van der Waals surface area contributed by atoms with Crippen LogP contribution in [0.15, 0.2) is 40.8 Å². The first-order valence-corrected chi connectivity index (χ1v) is 7.61. The van der Waals surface area contributed by atoms with Crippen LogP contribution in [-0.2, 0) is 9.53 Å². The monoisotopic (exact) mass is 346 g/mol. The smallest absolute Gasteiger partial charge is 0.375 e. The standard InChI is InChI=1S/C17H15FN2O5/c1-10(15(21)20-9-8-19-17(20)23)24-16(22)14-7-6-13(25-14)11-2-4-12(18)5-3-11/h2-7,10H,8-9H2,1H3,(H,19,23). The highest BCUT2D eigenvalue weighted by atomic mass is 19.1. The first-order chi connectivity index (χ1) is 12.0. The lowest BCUT2D eigenvalue weighted by Crippen LogP contribution is -2.41. The van der Waals surface area contributed by atoms with E-state index in [1.807, 2.05) is 0 Å². The minimum atomic E-state index is -1.13. The number of imide groups is 1. The van der Waals surface area contributed by atoms with E-state index in [1.54, 1.807) is 6.07 Å². The minimum Gasteiger partial charge on any atom is -0.449 e. The minimum absolute atomic E-state index is 0.0927. The van der Waals surface area contributed by atoms with Crippen molar-refractivity contribution in [2.45, 2.75) is 13.0 Å². The fourth-order valence-electron chi connectivity index (χ4n) is 2.39. The molecule has 7 nitrogen and oxygen atoms in total. The molecular weight excluding hydrogens is 331 g/mol.